The van der Waals surface area contributed by atoms with E-state index in [9.17, 15) is 8.42 Å². The van der Waals surface area contributed by atoms with Gasteiger partial charge in [0.05, 0.1) is 5.75 Å². The predicted octanol–water partition coefficient (Wildman–Crippen LogP) is 2.71. The molecule has 0 fully saturated rings. The fraction of sp³-hybridized carbons (Fsp3) is 0.333. The minimum atomic E-state index is -3.31. The summed E-state index contributed by atoms with van der Waals surface area (Å²) in [7, 11) is -3.31. The van der Waals surface area contributed by atoms with Gasteiger partial charge in [-0.25, -0.2) is 8.42 Å². The van der Waals surface area contributed by atoms with Crippen LogP contribution in [0, 0.1) is 0 Å². The molecular formula is C9H11Cl2NO2S. The van der Waals surface area contributed by atoms with Crippen LogP contribution in [0.5, 0.6) is 0 Å². The van der Waals surface area contributed by atoms with Crippen molar-refractivity contribution < 1.29 is 8.42 Å². The second-order valence-corrected chi connectivity index (χ2v) is 5.63. The number of hydrogen-bond donors (Lipinski definition) is 1. The van der Waals surface area contributed by atoms with Gasteiger partial charge in [0.2, 0.25) is 10.0 Å². The Hall–Kier alpha value is -0.450. The average Bonchev–Trinajstić information content (AvgIpc) is 2.14. The van der Waals surface area contributed by atoms with E-state index in [0.29, 0.717) is 23.0 Å². The van der Waals surface area contributed by atoms with Gasteiger partial charge in [-0.1, -0.05) is 17.7 Å². The van der Waals surface area contributed by atoms with E-state index < -0.39 is 10.0 Å². The van der Waals surface area contributed by atoms with Crippen LogP contribution in [0.3, 0.4) is 0 Å². The van der Waals surface area contributed by atoms with Crippen molar-refractivity contribution in [2.24, 2.45) is 0 Å². The van der Waals surface area contributed by atoms with Crippen LogP contribution in [0.4, 0.5) is 5.69 Å². The molecule has 0 unspecified atom stereocenters. The standard InChI is InChI=1S/C9H11Cl2NO2S/c10-5-2-6-15(13,14)12-9-4-1-3-8(11)7-9/h1,3-4,7,12H,2,5-6H2. The van der Waals surface area contributed by atoms with Crippen LogP contribution in [-0.4, -0.2) is 20.1 Å². The maximum atomic E-state index is 11.5. The molecule has 1 N–H and O–H groups in total. The smallest absolute Gasteiger partial charge is 0.232 e. The number of nitrogens with one attached hydrogen (secondary N) is 1. The van der Waals surface area contributed by atoms with Gasteiger partial charge in [-0.05, 0) is 24.6 Å². The third kappa shape index (κ3) is 4.73. The lowest BCUT2D eigenvalue weighted by Crippen LogP contribution is -2.16. The number of alkyl halides is 1. The molecular weight excluding hydrogens is 257 g/mol. The van der Waals surface area contributed by atoms with Crippen molar-refractivity contribution in [2.45, 2.75) is 6.42 Å². The van der Waals surface area contributed by atoms with Crippen LogP contribution in [0.15, 0.2) is 24.3 Å². The average molecular weight is 268 g/mol. The largest absolute Gasteiger partial charge is 0.284 e. The zero-order valence-corrected chi connectivity index (χ0v) is 10.2. The maximum absolute atomic E-state index is 11.5. The lowest BCUT2D eigenvalue weighted by Gasteiger charge is -2.06. The molecule has 0 aliphatic heterocycles. The van der Waals surface area contributed by atoms with Crippen molar-refractivity contribution in [3.8, 4) is 0 Å². The molecule has 0 aromatic heterocycles. The highest BCUT2D eigenvalue weighted by Crippen LogP contribution is 2.16. The molecule has 0 heterocycles. The minimum absolute atomic E-state index is 0.0169. The van der Waals surface area contributed by atoms with Crippen molar-refractivity contribution in [3.05, 3.63) is 29.3 Å². The Morgan fingerprint density at radius 3 is 2.67 bits per heavy atom. The van der Waals surface area contributed by atoms with Crippen molar-refractivity contribution in [1.82, 2.24) is 0 Å². The van der Waals surface area contributed by atoms with Gasteiger partial charge >= 0.3 is 0 Å². The molecule has 0 radical (unpaired) electrons. The van der Waals surface area contributed by atoms with E-state index in [1.807, 2.05) is 0 Å². The number of anilines is 1. The molecule has 3 nitrogen and oxygen atoms in total. The fourth-order valence-electron chi connectivity index (χ4n) is 1.03. The van der Waals surface area contributed by atoms with E-state index in [4.69, 9.17) is 23.2 Å². The van der Waals surface area contributed by atoms with Crippen molar-refractivity contribution >= 4 is 38.9 Å². The molecule has 0 atom stereocenters. The Labute approximate surface area is 99.4 Å². The normalized spacial score (nSPS) is 11.3. The molecule has 1 rings (SSSR count). The molecule has 0 saturated carbocycles. The van der Waals surface area contributed by atoms with Crippen LogP contribution in [0.1, 0.15) is 6.42 Å². The van der Waals surface area contributed by atoms with Crippen LogP contribution >= 0.6 is 23.2 Å². The van der Waals surface area contributed by atoms with E-state index >= 15 is 0 Å². The number of hydrogen-bond acceptors (Lipinski definition) is 2. The lowest BCUT2D eigenvalue weighted by molar-refractivity contribution is 0.600. The molecule has 0 aliphatic rings. The molecule has 0 aliphatic carbocycles. The summed E-state index contributed by atoms with van der Waals surface area (Å²) in [6.07, 6.45) is 0.428. The van der Waals surface area contributed by atoms with Gasteiger partial charge in [-0.2, -0.15) is 0 Å². The number of sulfonamides is 1. The molecule has 84 valence electrons. The Morgan fingerprint density at radius 1 is 1.33 bits per heavy atom. The molecule has 0 spiro atoms. The zero-order chi connectivity index (χ0) is 11.3. The van der Waals surface area contributed by atoms with E-state index in [-0.39, 0.29) is 5.75 Å². The van der Waals surface area contributed by atoms with Gasteiger partial charge in [-0.15, -0.1) is 11.6 Å². The van der Waals surface area contributed by atoms with Crippen molar-refractivity contribution in [1.29, 1.82) is 0 Å². The van der Waals surface area contributed by atoms with Crippen LogP contribution in [0.2, 0.25) is 5.02 Å². The van der Waals surface area contributed by atoms with Crippen molar-refractivity contribution in [3.63, 3.8) is 0 Å². The molecule has 0 amide bonds. The first-order valence-corrected chi connectivity index (χ1v) is 6.92. The molecule has 0 bridgehead atoms. The second kappa shape index (κ2) is 5.58. The highest BCUT2D eigenvalue weighted by molar-refractivity contribution is 7.92. The summed E-state index contributed by atoms with van der Waals surface area (Å²) in [5.41, 5.74) is 0.470. The van der Waals surface area contributed by atoms with Gasteiger partial charge < -0.3 is 0 Å². The summed E-state index contributed by atoms with van der Waals surface area (Å²) >= 11 is 11.1. The van der Waals surface area contributed by atoms with Gasteiger partial charge in [-0.3, -0.25) is 4.72 Å². The van der Waals surface area contributed by atoms with E-state index in [1.165, 1.54) is 0 Å². The molecule has 1 aromatic carbocycles. The number of rotatable bonds is 5. The Bertz CT molecular complexity index is 420. The molecule has 15 heavy (non-hydrogen) atoms. The van der Waals surface area contributed by atoms with E-state index in [2.05, 4.69) is 4.72 Å². The quantitative estimate of drug-likeness (QED) is 0.834. The summed E-state index contributed by atoms with van der Waals surface area (Å²) in [6, 6.07) is 6.56. The summed E-state index contributed by atoms with van der Waals surface area (Å²) < 4.78 is 25.3. The first-order chi connectivity index (χ1) is 7.03. The second-order valence-electron chi connectivity index (χ2n) is 2.97. The minimum Gasteiger partial charge on any atom is -0.284 e. The molecule has 6 heteroatoms. The predicted molar refractivity (Wildman–Crippen MR) is 64.2 cm³/mol. The monoisotopic (exact) mass is 267 g/mol. The number of benzene rings is 1. The first-order valence-electron chi connectivity index (χ1n) is 4.35. The summed E-state index contributed by atoms with van der Waals surface area (Å²) in [4.78, 5) is 0. The lowest BCUT2D eigenvalue weighted by atomic mass is 10.3. The Balaban J connectivity index is 2.69. The summed E-state index contributed by atoms with van der Waals surface area (Å²) in [6.45, 7) is 0. The van der Waals surface area contributed by atoms with E-state index in [1.54, 1.807) is 24.3 Å². The van der Waals surface area contributed by atoms with Crippen molar-refractivity contribution in [2.75, 3.05) is 16.4 Å². The van der Waals surface area contributed by atoms with Gasteiger partial charge in [0.1, 0.15) is 0 Å². The van der Waals surface area contributed by atoms with Gasteiger partial charge in [0.15, 0.2) is 0 Å². The van der Waals surface area contributed by atoms with Gasteiger partial charge in [0.25, 0.3) is 0 Å². The highest BCUT2D eigenvalue weighted by Gasteiger charge is 2.09. The third-order valence-corrected chi connectivity index (χ3v) is 3.52. The summed E-state index contributed by atoms with van der Waals surface area (Å²) in [5, 5.41) is 0.493. The fourth-order valence-corrected chi connectivity index (χ4v) is 2.62. The summed E-state index contributed by atoms with van der Waals surface area (Å²) in [5.74, 6) is 0.347. The van der Waals surface area contributed by atoms with E-state index in [0.717, 1.165) is 0 Å². The van der Waals surface area contributed by atoms with Gasteiger partial charge in [0, 0.05) is 16.6 Å². The van der Waals surface area contributed by atoms with Crippen LogP contribution in [0.25, 0.3) is 0 Å². The highest BCUT2D eigenvalue weighted by atomic mass is 35.5. The Morgan fingerprint density at radius 2 is 2.07 bits per heavy atom. The maximum Gasteiger partial charge on any atom is 0.232 e. The zero-order valence-electron chi connectivity index (χ0n) is 7.91. The van der Waals surface area contributed by atoms with Crippen LogP contribution < -0.4 is 4.72 Å². The Kier molecular flexibility index (Phi) is 4.70. The first kappa shape index (κ1) is 12.6. The molecule has 1 aromatic rings. The third-order valence-electron chi connectivity index (χ3n) is 1.64. The number of halogens is 2. The molecule has 0 saturated heterocycles. The SMILES string of the molecule is O=S(=O)(CCCCl)Nc1cccc(Cl)c1. The van der Waals surface area contributed by atoms with Crippen LogP contribution in [-0.2, 0) is 10.0 Å². The topological polar surface area (TPSA) is 46.2 Å².